The Labute approximate surface area is 120 Å². The summed E-state index contributed by atoms with van der Waals surface area (Å²) in [6, 6.07) is 1.93. The average molecular weight is 288 g/mol. The van der Waals surface area contributed by atoms with Crippen LogP contribution in [0.25, 0.3) is 11.0 Å². The van der Waals surface area contributed by atoms with Crippen molar-refractivity contribution in [3.63, 3.8) is 0 Å². The normalized spacial score (nSPS) is 28.2. The maximum atomic E-state index is 12.5. The first-order valence-corrected chi connectivity index (χ1v) is 7.00. The Morgan fingerprint density at radius 2 is 2.43 bits per heavy atom. The first kappa shape index (κ1) is 12.6. The van der Waals surface area contributed by atoms with Gasteiger partial charge in [0.05, 0.1) is 36.9 Å². The number of hydrogen-bond acceptors (Lipinski definition) is 5. The molecule has 1 fully saturated rings. The van der Waals surface area contributed by atoms with Crippen molar-refractivity contribution < 1.29 is 14.6 Å². The third-order valence-electron chi connectivity index (χ3n) is 4.30. The largest absolute Gasteiger partial charge is 0.394 e. The lowest BCUT2D eigenvalue weighted by molar-refractivity contribution is -0.128. The molecule has 7 heteroatoms. The van der Waals surface area contributed by atoms with Crippen molar-refractivity contribution in [2.45, 2.75) is 24.5 Å². The number of anilines is 2. The van der Waals surface area contributed by atoms with Gasteiger partial charge in [0.1, 0.15) is 11.2 Å². The SMILES string of the molecule is O=C1Nc2cnc3[nH]ccc3c2NC12CCC(CO)OC2. The number of ether oxygens (including phenoxy) is 1. The number of aliphatic hydroxyl groups excluding tert-OH is 1. The molecular weight excluding hydrogens is 272 g/mol. The Morgan fingerprint density at radius 1 is 1.52 bits per heavy atom. The fraction of sp³-hybridized carbons (Fsp3) is 0.429. The Morgan fingerprint density at radius 3 is 3.19 bits per heavy atom. The maximum absolute atomic E-state index is 12.5. The minimum Gasteiger partial charge on any atom is -0.394 e. The molecule has 0 radical (unpaired) electrons. The average Bonchev–Trinajstić information content (AvgIpc) is 2.98. The molecule has 2 aliphatic heterocycles. The number of hydrogen-bond donors (Lipinski definition) is 4. The van der Waals surface area contributed by atoms with Gasteiger partial charge in [-0.25, -0.2) is 4.98 Å². The Kier molecular flexibility index (Phi) is 2.66. The molecule has 2 atom stereocenters. The topological polar surface area (TPSA) is 99.3 Å². The van der Waals surface area contributed by atoms with Gasteiger partial charge in [-0.15, -0.1) is 0 Å². The van der Waals surface area contributed by atoms with Crippen LogP contribution < -0.4 is 10.6 Å². The highest BCUT2D eigenvalue weighted by Crippen LogP contribution is 2.39. The van der Waals surface area contributed by atoms with Gasteiger partial charge >= 0.3 is 0 Å². The number of aliphatic hydroxyl groups is 1. The second-order valence-electron chi connectivity index (χ2n) is 5.60. The molecule has 4 N–H and O–H groups in total. The summed E-state index contributed by atoms with van der Waals surface area (Å²) in [5, 5.41) is 16.4. The van der Waals surface area contributed by atoms with E-state index < -0.39 is 5.54 Å². The lowest BCUT2D eigenvalue weighted by Crippen LogP contribution is -2.59. The molecule has 1 spiro atoms. The molecule has 1 amide bonds. The van der Waals surface area contributed by atoms with Gasteiger partial charge < -0.3 is 25.5 Å². The number of H-pyrrole nitrogens is 1. The van der Waals surface area contributed by atoms with Crippen molar-refractivity contribution in [3.05, 3.63) is 18.5 Å². The summed E-state index contributed by atoms with van der Waals surface area (Å²) in [5.74, 6) is -0.108. The fourth-order valence-electron chi connectivity index (χ4n) is 3.02. The number of nitrogens with zero attached hydrogens (tertiary/aromatic N) is 1. The summed E-state index contributed by atoms with van der Waals surface area (Å²) in [6.45, 7) is 0.234. The van der Waals surface area contributed by atoms with Crippen LogP contribution in [0.1, 0.15) is 12.8 Å². The van der Waals surface area contributed by atoms with Crippen molar-refractivity contribution >= 4 is 28.3 Å². The van der Waals surface area contributed by atoms with E-state index in [1.807, 2.05) is 12.3 Å². The standard InChI is InChI=1S/C14H16N4O3/c19-6-8-1-3-14(7-21-8)13(20)17-10-5-16-12-9(2-4-15-12)11(10)18-14/h2,4-5,8,18-19H,1,3,6-7H2,(H,15,16)(H,17,20). The minimum atomic E-state index is -0.774. The van der Waals surface area contributed by atoms with Crippen molar-refractivity contribution in [2.75, 3.05) is 23.8 Å². The van der Waals surface area contributed by atoms with Crippen LogP contribution in [0.4, 0.5) is 11.4 Å². The quantitative estimate of drug-likeness (QED) is 0.623. The predicted octanol–water partition coefficient (Wildman–Crippen LogP) is 0.837. The van der Waals surface area contributed by atoms with Gasteiger partial charge in [0.25, 0.3) is 5.91 Å². The number of amides is 1. The molecule has 2 unspecified atom stereocenters. The van der Waals surface area contributed by atoms with E-state index in [0.717, 1.165) is 16.7 Å². The van der Waals surface area contributed by atoms with Crippen molar-refractivity contribution in [2.24, 2.45) is 0 Å². The molecular formula is C14H16N4O3. The monoisotopic (exact) mass is 288 g/mol. The zero-order valence-electron chi connectivity index (χ0n) is 11.3. The molecule has 0 bridgehead atoms. The lowest BCUT2D eigenvalue weighted by Gasteiger charge is -2.42. The Balaban J connectivity index is 1.73. The fourth-order valence-corrected chi connectivity index (χ4v) is 3.02. The number of aromatic amines is 1. The molecule has 2 aliphatic rings. The number of pyridine rings is 1. The van der Waals surface area contributed by atoms with Gasteiger partial charge in [-0.3, -0.25) is 4.79 Å². The summed E-state index contributed by atoms with van der Waals surface area (Å²) in [7, 11) is 0. The van der Waals surface area contributed by atoms with Crippen molar-refractivity contribution in [1.82, 2.24) is 9.97 Å². The molecule has 4 rings (SSSR count). The Hall–Kier alpha value is -2.12. The van der Waals surface area contributed by atoms with Crippen LogP contribution in [-0.2, 0) is 9.53 Å². The van der Waals surface area contributed by atoms with Gasteiger partial charge in [0.15, 0.2) is 0 Å². The van der Waals surface area contributed by atoms with E-state index in [1.165, 1.54) is 0 Å². The van der Waals surface area contributed by atoms with E-state index in [9.17, 15) is 4.79 Å². The molecule has 0 aliphatic carbocycles. The highest BCUT2D eigenvalue weighted by molar-refractivity contribution is 6.11. The predicted molar refractivity (Wildman–Crippen MR) is 77.1 cm³/mol. The van der Waals surface area contributed by atoms with E-state index in [2.05, 4.69) is 20.6 Å². The third-order valence-corrected chi connectivity index (χ3v) is 4.30. The molecule has 2 aromatic heterocycles. The van der Waals surface area contributed by atoms with Crippen molar-refractivity contribution in [1.29, 1.82) is 0 Å². The lowest BCUT2D eigenvalue weighted by atomic mass is 9.87. The molecule has 7 nitrogen and oxygen atoms in total. The second-order valence-corrected chi connectivity index (χ2v) is 5.60. The highest BCUT2D eigenvalue weighted by Gasteiger charge is 2.46. The van der Waals surface area contributed by atoms with Crippen LogP contribution in [0.3, 0.4) is 0 Å². The van der Waals surface area contributed by atoms with Gasteiger partial charge in [-0.1, -0.05) is 0 Å². The summed E-state index contributed by atoms with van der Waals surface area (Å²) >= 11 is 0. The van der Waals surface area contributed by atoms with E-state index in [4.69, 9.17) is 9.84 Å². The first-order chi connectivity index (χ1) is 10.2. The van der Waals surface area contributed by atoms with Gasteiger partial charge in [0, 0.05) is 11.6 Å². The molecule has 4 heterocycles. The smallest absolute Gasteiger partial charge is 0.252 e. The number of aromatic nitrogens is 2. The van der Waals surface area contributed by atoms with Crippen LogP contribution in [-0.4, -0.2) is 45.8 Å². The van der Waals surface area contributed by atoms with E-state index >= 15 is 0 Å². The minimum absolute atomic E-state index is 0.0136. The molecule has 110 valence electrons. The summed E-state index contributed by atoms with van der Waals surface area (Å²) in [4.78, 5) is 19.8. The number of rotatable bonds is 1. The number of carbonyl (C=O) groups excluding carboxylic acids is 1. The first-order valence-electron chi connectivity index (χ1n) is 7.00. The number of carbonyl (C=O) groups is 1. The van der Waals surface area contributed by atoms with Gasteiger partial charge in [-0.2, -0.15) is 0 Å². The second kappa shape index (κ2) is 4.44. The zero-order valence-corrected chi connectivity index (χ0v) is 11.3. The zero-order chi connectivity index (χ0) is 14.4. The van der Waals surface area contributed by atoms with E-state index in [-0.39, 0.29) is 25.2 Å². The molecule has 1 saturated heterocycles. The number of fused-ring (bicyclic) bond motifs is 3. The number of nitrogens with one attached hydrogen (secondary N) is 3. The third kappa shape index (κ3) is 1.81. The van der Waals surface area contributed by atoms with E-state index in [1.54, 1.807) is 6.20 Å². The molecule has 0 aromatic carbocycles. The summed E-state index contributed by atoms with van der Waals surface area (Å²) in [6.07, 6.45) is 4.55. The molecule has 0 saturated carbocycles. The van der Waals surface area contributed by atoms with Crippen molar-refractivity contribution in [3.8, 4) is 0 Å². The van der Waals surface area contributed by atoms with Crippen LogP contribution in [0.15, 0.2) is 18.5 Å². The summed E-state index contributed by atoms with van der Waals surface area (Å²) < 4.78 is 5.60. The van der Waals surface area contributed by atoms with Crippen LogP contribution in [0.5, 0.6) is 0 Å². The molecule has 2 aromatic rings. The van der Waals surface area contributed by atoms with Crippen LogP contribution >= 0.6 is 0 Å². The van der Waals surface area contributed by atoms with Crippen LogP contribution in [0.2, 0.25) is 0 Å². The highest BCUT2D eigenvalue weighted by atomic mass is 16.5. The van der Waals surface area contributed by atoms with Gasteiger partial charge in [0.2, 0.25) is 0 Å². The maximum Gasteiger partial charge on any atom is 0.252 e. The molecule has 21 heavy (non-hydrogen) atoms. The summed E-state index contributed by atoms with van der Waals surface area (Å²) in [5.41, 5.74) is 1.55. The van der Waals surface area contributed by atoms with Gasteiger partial charge in [-0.05, 0) is 18.9 Å². The van der Waals surface area contributed by atoms with E-state index in [0.29, 0.717) is 18.5 Å². The Bertz CT molecular complexity index is 703. The van der Waals surface area contributed by atoms with Crippen LogP contribution in [0, 0.1) is 0 Å².